The second-order valence-corrected chi connectivity index (χ2v) is 6.67. The van der Waals surface area contributed by atoms with Crippen LogP contribution < -0.4 is 5.32 Å². The van der Waals surface area contributed by atoms with Crippen molar-refractivity contribution in [2.75, 3.05) is 40.3 Å². The summed E-state index contributed by atoms with van der Waals surface area (Å²) in [5.41, 5.74) is -0.408. The summed E-state index contributed by atoms with van der Waals surface area (Å²) in [5.74, 6) is 0.793. The highest BCUT2D eigenvalue weighted by atomic mass is 15.2. The number of rotatable bonds is 7. The summed E-state index contributed by atoms with van der Waals surface area (Å²) >= 11 is 0. The van der Waals surface area contributed by atoms with Gasteiger partial charge in [0.25, 0.3) is 0 Å². The summed E-state index contributed by atoms with van der Waals surface area (Å²) in [5, 5.41) is 12.7. The fourth-order valence-electron chi connectivity index (χ4n) is 2.92. The second kappa shape index (κ2) is 7.23. The minimum absolute atomic E-state index is 0.346. The zero-order chi connectivity index (χ0) is 14.5. The molecule has 0 amide bonds. The Morgan fingerprint density at radius 3 is 2.68 bits per heavy atom. The van der Waals surface area contributed by atoms with Crippen LogP contribution in [0, 0.1) is 17.2 Å². The molecule has 0 aromatic rings. The van der Waals surface area contributed by atoms with Crippen molar-refractivity contribution in [3.05, 3.63) is 0 Å². The van der Waals surface area contributed by atoms with Crippen LogP contribution in [0.25, 0.3) is 0 Å². The third-order valence-corrected chi connectivity index (χ3v) is 3.91. The lowest BCUT2D eigenvalue weighted by atomic mass is 9.98. The smallest absolute Gasteiger partial charge is 0.105 e. The van der Waals surface area contributed by atoms with Crippen LogP contribution in [0.15, 0.2) is 0 Å². The van der Waals surface area contributed by atoms with E-state index < -0.39 is 5.54 Å². The SMILES string of the molecule is CC(C)NC(C)(C#N)CCN(C)CC1CCN(C)C1. The number of likely N-dealkylation sites (tertiary alicyclic amines) is 1. The normalized spacial score (nSPS) is 23.8. The molecule has 4 nitrogen and oxygen atoms in total. The highest BCUT2D eigenvalue weighted by Gasteiger charge is 2.26. The summed E-state index contributed by atoms with van der Waals surface area (Å²) < 4.78 is 0. The van der Waals surface area contributed by atoms with Crippen molar-refractivity contribution in [2.24, 2.45) is 5.92 Å². The van der Waals surface area contributed by atoms with E-state index >= 15 is 0 Å². The predicted molar refractivity (Wildman–Crippen MR) is 80.0 cm³/mol. The first-order chi connectivity index (χ1) is 8.84. The molecule has 0 aromatic carbocycles. The zero-order valence-electron chi connectivity index (χ0n) is 13.2. The van der Waals surface area contributed by atoms with Crippen LogP contribution in [-0.2, 0) is 0 Å². The first kappa shape index (κ1) is 16.4. The first-order valence-electron chi connectivity index (χ1n) is 7.40. The third-order valence-electron chi connectivity index (χ3n) is 3.91. The van der Waals surface area contributed by atoms with E-state index in [9.17, 15) is 5.26 Å². The van der Waals surface area contributed by atoms with Crippen molar-refractivity contribution in [1.82, 2.24) is 15.1 Å². The second-order valence-electron chi connectivity index (χ2n) is 6.67. The number of hydrogen-bond donors (Lipinski definition) is 1. The van der Waals surface area contributed by atoms with Gasteiger partial charge in [0.2, 0.25) is 0 Å². The lowest BCUT2D eigenvalue weighted by Crippen LogP contribution is -2.47. The van der Waals surface area contributed by atoms with E-state index in [1.807, 2.05) is 6.92 Å². The number of nitrogens with zero attached hydrogens (tertiary/aromatic N) is 3. The Hall–Kier alpha value is -0.630. The molecule has 1 heterocycles. The van der Waals surface area contributed by atoms with E-state index in [1.54, 1.807) is 0 Å². The molecule has 1 aliphatic rings. The molecule has 0 saturated carbocycles. The molecule has 4 heteroatoms. The summed E-state index contributed by atoms with van der Waals surface area (Å²) in [6.45, 7) is 10.7. The Bertz CT molecular complexity index is 310. The Kier molecular flexibility index (Phi) is 6.25. The van der Waals surface area contributed by atoms with E-state index in [0.29, 0.717) is 6.04 Å². The molecule has 0 radical (unpaired) electrons. The predicted octanol–water partition coefficient (Wildman–Crippen LogP) is 1.54. The first-order valence-corrected chi connectivity index (χ1v) is 7.40. The fraction of sp³-hybridized carbons (Fsp3) is 0.933. The van der Waals surface area contributed by atoms with Gasteiger partial charge in [0, 0.05) is 25.7 Å². The largest absolute Gasteiger partial charge is 0.306 e. The number of nitriles is 1. The maximum absolute atomic E-state index is 9.33. The minimum atomic E-state index is -0.408. The molecule has 1 saturated heterocycles. The monoisotopic (exact) mass is 266 g/mol. The average Bonchev–Trinajstić information content (AvgIpc) is 2.71. The van der Waals surface area contributed by atoms with Crippen LogP contribution in [0.4, 0.5) is 0 Å². The van der Waals surface area contributed by atoms with Crippen LogP contribution >= 0.6 is 0 Å². The molecule has 110 valence electrons. The average molecular weight is 266 g/mol. The molecule has 0 aliphatic carbocycles. The molecule has 1 N–H and O–H groups in total. The molecule has 0 spiro atoms. The van der Waals surface area contributed by atoms with Crippen molar-refractivity contribution in [3.8, 4) is 6.07 Å². The van der Waals surface area contributed by atoms with E-state index in [2.05, 4.69) is 49.1 Å². The van der Waals surface area contributed by atoms with Crippen LogP contribution in [0.3, 0.4) is 0 Å². The molecular formula is C15H30N4. The van der Waals surface area contributed by atoms with Crippen molar-refractivity contribution >= 4 is 0 Å². The summed E-state index contributed by atoms with van der Waals surface area (Å²) in [4.78, 5) is 4.78. The zero-order valence-corrected chi connectivity index (χ0v) is 13.2. The van der Waals surface area contributed by atoms with Gasteiger partial charge in [-0.15, -0.1) is 0 Å². The summed E-state index contributed by atoms with van der Waals surface area (Å²) in [7, 11) is 4.37. The number of hydrogen-bond acceptors (Lipinski definition) is 4. The molecular weight excluding hydrogens is 236 g/mol. The van der Waals surface area contributed by atoms with Crippen LogP contribution in [-0.4, -0.2) is 61.7 Å². The molecule has 0 aromatic heterocycles. The topological polar surface area (TPSA) is 42.3 Å². The Morgan fingerprint density at radius 1 is 1.53 bits per heavy atom. The maximum Gasteiger partial charge on any atom is 0.105 e. The van der Waals surface area contributed by atoms with Gasteiger partial charge in [-0.2, -0.15) is 5.26 Å². The van der Waals surface area contributed by atoms with Crippen molar-refractivity contribution in [1.29, 1.82) is 5.26 Å². The highest BCUT2D eigenvalue weighted by Crippen LogP contribution is 2.16. The van der Waals surface area contributed by atoms with Gasteiger partial charge in [0.05, 0.1) is 6.07 Å². The third kappa shape index (κ3) is 5.90. The molecule has 1 aliphatic heterocycles. The minimum Gasteiger partial charge on any atom is -0.306 e. The Morgan fingerprint density at radius 2 is 2.21 bits per heavy atom. The van der Waals surface area contributed by atoms with E-state index in [1.165, 1.54) is 19.5 Å². The van der Waals surface area contributed by atoms with Crippen molar-refractivity contribution < 1.29 is 0 Å². The Balaban J connectivity index is 2.32. The van der Waals surface area contributed by atoms with Crippen molar-refractivity contribution in [3.63, 3.8) is 0 Å². The van der Waals surface area contributed by atoms with Crippen LogP contribution in [0.5, 0.6) is 0 Å². The number of nitrogens with one attached hydrogen (secondary N) is 1. The molecule has 0 bridgehead atoms. The fourth-order valence-corrected chi connectivity index (χ4v) is 2.92. The lowest BCUT2D eigenvalue weighted by Gasteiger charge is -2.29. The van der Waals surface area contributed by atoms with Crippen LogP contribution in [0.2, 0.25) is 0 Å². The molecule has 19 heavy (non-hydrogen) atoms. The summed E-state index contributed by atoms with van der Waals surface area (Å²) in [6.07, 6.45) is 2.18. The molecule has 2 unspecified atom stereocenters. The molecule has 1 fully saturated rings. The van der Waals surface area contributed by atoms with Gasteiger partial charge in [-0.05, 0) is 60.2 Å². The van der Waals surface area contributed by atoms with Crippen molar-refractivity contribution in [2.45, 2.75) is 45.2 Å². The van der Waals surface area contributed by atoms with E-state index in [-0.39, 0.29) is 0 Å². The van der Waals surface area contributed by atoms with Gasteiger partial charge in [-0.25, -0.2) is 0 Å². The van der Waals surface area contributed by atoms with Gasteiger partial charge in [0.1, 0.15) is 5.54 Å². The quantitative estimate of drug-likeness (QED) is 0.759. The maximum atomic E-state index is 9.33. The van der Waals surface area contributed by atoms with Gasteiger partial charge < -0.3 is 9.80 Å². The van der Waals surface area contributed by atoms with E-state index in [0.717, 1.165) is 25.4 Å². The van der Waals surface area contributed by atoms with Gasteiger partial charge in [-0.3, -0.25) is 5.32 Å². The van der Waals surface area contributed by atoms with Gasteiger partial charge >= 0.3 is 0 Å². The standard InChI is InChI=1S/C15H30N4/c1-13(2)17-15(3,12-16)7-9-19(5)11-14-6-8-18(4)10-14/h13-14,17H,6-11H2,1-5H3. The van der Waals surface area contributed by atoms with Crippen LogP contribution in [0.1, 0.15) is 33.6 Å². The Labute approximate surface area is 118 Å². The molecule has 1 rings (SSSR count). The highest BCUT2D eigenvalue weighted by molar-refractivity contribution is 5.04. The summed E-state index contributed by atoms with van der Waals surface area (Å²) in [6, 6.07) is 2.77. The van der Waals surface area contributed by atoms with E-state index in [4.69, 9.17) is 0 Å². The lowest BCUT2D eigenvalue weighted by molar-refractivity contribution is 0.245. The molecule has 2 atom stereocenters. The van der Waals surface area contributed by atoms with Gasteiger partial charge in [0.15, 0.2) is 0 Å². The van der Waals surface area contributed by atoms with Gasteiger partial charge in [-0.1, -0.05) is 0 Å².